The summed E-state index contributed by atoms with van der Waals surface area (Å²) in [6.07, 6.45) is -0.640. The third-order valence-corrected chi connectivity index (χ3v) is 3.58. The summed E-state index contributed by atoms with van der Waals surface area (Å²) in [6.45, 7) is 1.92. The van der Waals surface area contributed by atoms with E-state index in [2.05, 4.69) is 15.9 Å². The Labute approximate surface area is 130 Å². The molecule has 5 heteroatoms. The number of hydrogen-bond acceptors (Lipinski definition) is 2. The molecule has 0 fully saturated rings. The molecule has 0 aliphatic carbocycles. The number of aliphatic hydroxyl groups excluding tert-OH is 1. The Morgan fingerprint density at radius 2 is 2.05 bits per heavy atom. The van der Waals surface area contributed by atoms with E-state index in [0.29, 0.717) is 11.3 Å². The first kappa shape index (κ1) is 15.3. The average Bonchev–Trinajstić information content (AvgIpc) is 2.41. The van der Waals surface area contributed by atoms with Crippen molar-refractivity contribution < 1.29 is 14.2 Å². The van der Waals surface area contributed by atoms with Gasteiger partial charge in [-0.1, -0.05) is 33.6 Å². The van der Waals surface area contributed by atoms with Crippen LogP contribution in [0.1, 0.15) is 24.2 Å². The summed E-state index contributed by atoms with van der Waals surface area (Å²) in [6, 6.07) is 9.85. The Morgan fingerprint density at radius 3 is 2.70 bits per heavy atom. The van der Waals surface area contributed by atoms with Crippen LogP contribution >= 0.6 is 27.5 Å². The summed E-state index contributed by atoms with van der Waals surface area (Å²) in [5.41, 5.74) is 1.45. The van der Waals surface area contributed by atoms with Gasteiger partial charge in [0.15, 0.2) is 0 Å². The van der Waals surface area contributed by atoms with Gasteiger partial charge in [0.05, 0.1) is 11.1 Å². The molecule has 0 bridgehead atoms. The van der Waals surface area contributed by atoms with Crippen molar-refractivity contribution in [1.82, 2.24) is 0 Å². The molecule has 20 heavy (non-hydrogen) atoms. The zero-order valence-electron chi connectivity index (χ0n) is 10.7. The first-order valence-electron chi connectivity index (χ1n) is 6.01. The number of rotatable bonds is 4. The highest BCUT2D eigenvalue weighted by atomic mass is 79.9. The Hall–Kier alpha value is -1.10. The van der Waals surface area contributed by atoms with Crippen LogP contribution in [0.2, 0.25) is 5.02 Å². The van der Waals surface area contributed by atoms with Gasteiger partial charge in [0.2, 0.25) is 0 Å². The van der Waals surface area contributed by atoms with E-state index in [4.69, 9.17) is 16.3 Å². The molecule has 0 aromatic heterocycles. The molecule has 1 N–H and O–H groups in total. The maximum absolute atomic E-state index is 13.1. The van der Waals surface area contributed by atoms with Gasteiger partial charge in [-0.25, -0.2) is 4.39 Å². The lowest BCUT2D eigenvalue weighted by molar-refractivity contribution is 0.190. The van der Waals surface area contributed by atoms with Crippen LogP contribution < -0.4 is 4.74 Å². The Morgan fingerprint density at radius 1 is 1.30 bits per heavy atom. The monoisotopic (exact) mass is 358 g/mol. The molecule has 0 aliphatic heterocycles. The van der Waals surface area contributed by atoms with E-state index >= 15 is 0 Å². The minimum absolute atomic E-state index is 0.0673. The van der Waals surface area contributed by atoms with Crippen LogP contribution in [0.15, 0.2) is 40.9 Å². The fourth-order valence-electron chi connectivity index (χ4n) is 1.77. The molecule has 0 spiro atoms. The third-order valence-electron chi connectivity index (χ3n) is 2.80. The molecule has 2 rings (SSSR count). The molecule has 0 saturated heterocycles. The molecule has 0 radical (unpaired) electrons. The van der Waals surface area contributed by atoms with Crippen LogP contribution in [0, 0.1) is 5.82 Å². The highest BCUT2D eigenvalue weighted by Gasteiger charge is 2.10. The maximum atomic E-state index is 13.1. The van der Waals surface area contributed by atoms with E-state index < -0.39 is 11.9 Å². The van der Waals surface area contributed by atoms with Gasteiger partial charge >= 0.3 is 0 Å². The molecule has 0 saturated carbocycles. The molecule has 0 amide bonds. The van der Waals surface area contributed by atoms with Crippen molar-refractivity contribution in [1.29, 1.82) is 0 Å². The summed E-state index contributed by atoms with van der Waals surface area (Å²) in [5.74, 6) is 0.132. The van der Waals surface area contributed by atoms with Crippen LogP contribution in [0.25, 0.3) is 0 Å². The molecule has 0 unspecified atom stereocenters. The first-order valence-corrected chi connectivity index (χ1v) is 7.18. The van der Waals surface area contributed by atoms with E-state index in [9.17, 15) is 9.50 Å². The van der Waals surface area contributed by atoms with Gasteiger partial charge < -0.3 is 9.84 Å². The fourth-order valence-corrected chi connectivity index (χ4v) is 2.35. The second-order valence-corrected chi connectivity index (χ2v) is 5.72. The van der Waals surface area contributed by atoms with Crippen LogP contribution in [0.5, 0.6) is 5.75 Å². The second-order valence-electron chi connectivity index (χ2n) is 4.40. The van der Waals surface area contributed by atoms with Crippen molar-refractivity contribution in [2.24, 2.45) is 0 Å². The lowest BCUT2D eigenvalue weighted by Gasteiger charge is -2.14. The van der Waals surface area contributed by atoms with Crippen molar-refractivity contribution in [3.05, 3.63) is 62.8 Å². The van der Waals surface area contributed by atoms with E-state index in [0.717, 1.165) is 10.0 Å². The van der Waals surface area contributed by atoms with E-state index in [1.165, 1.54) is 12.1 Å². The molecular formula is C15H13BrClFO2. The predicted molar refractivity (Wildman–Crippen MR) is 80.5 cm³/mol. The zero-order chi connectivity index (χ0) is 14.7. The van der Waals surface area contributed by atoms with Gasteiger partial charge in [0, 0.05) is 10.0 Å². The van der Waals surface area contributed by atoms with Gasteiger partial charge in [0.1, 0.15) is 18.2 Å². The van der Waals surface area contributed by atoms with Crippen molar-refractivity contribution in [2.45, 2.75) is 19.6 Å². The minimum Gasteiger partial charge on any atom is -0.489 e. The van der Waals surface area contributed by atoms with Gasteiger partial charge in [-0.15, -0.1) is 0 Å². The number of benzene rings is 2. The highest BCUT2D eigenvalue weighted by Crippen LogP contribution is 2.29. The molecule has 2 aromatic carbocycles. The van der Waals surface area contributed by atoms with Crippen LogP contribution in [-0.4, -0.2) is 5.11 Å². The van der Waals surface area contributed by atoms with Gasteiger partial charge in [-0.3, -0.25) is 0 Å². The standard InChI is InChI=1S/C15H13BrClFO2/c1-9(19)12-7-11(16)3-5-15(12)20-8-10-2-4-14(18)13(17)6-10/h2-7,9,19H,8H2,1H3/t9-/m0/s1. The van der Waals surface area contributed by atoms with Crippen molar-refractivity contribution in [3.8, 4) is 5.75 Å². The van der Waals surface area contributed by atoms with Gasteiger partial charge in [-0.05, 0) is 42.8 Å². The molecule has 106 valence electrons. The smallest absolute Gasteiger partial charge is 0.141 e. The van der Waals surface area contributed by atoms with Crippen molar-refractivity contribution in [2.75, 3.05) is 0 Å². The second kappa shape index (κ2) is 6.57. The summed E-state index contributed by atoms with van der Waals surface area (Å²) in [5, 5.41) is 9.80. The first-order chi connectivity index (χ1) is 9.47. The van der Waals surface area contributed by atoms with E-state index in [-0.39, 0.29) is 11.6 Å². The van der Waals surface area contributed by atoms with Crippen molar-refractivity contribution in [3.63, 3.8) is 0 Å². The summed E-state index contributed by atoms with van der Waals surface area (Å²) in [7, 11) is 0. The van der Waals surface area contributed by atoms with E-state index in [1.54, 1.807) is 25.1 Å². The fraction of sp³-hybridized carbons (Fsp3) is 0.200. The normalized spacial score (nSPS) is 12.2. The van der Waals surface area contributed by atoms with Gasteiger partial charge in [0.25, 0.3) is 0 Å². The Balaban J connectivity index is 2.16. The lowest BCUT2D eigenvalue weighted by Crippen LogP contribution is -2.01. The largest absolute Gasteiger partial charge is 0.489 e. The molecule has 1 atom stereocenters. The minimum atomic E-state index is -0.640. The topological polar surface area (TPSA) is 29.5 Å². The number of hydrogen-bond donors (Lipinski definition) is 1. The number of aliphatic hydroxyl groups is 1. The average molecular weight is 360 g/mol. The summed E-state index contributed by atoms with van der Waals surface area (Å²) < 4.78 is 19.6. The quantitative estimate of drug-likeness (QED) is 0.843. The van der Waals surface area contributed by atoms with E-state index in [1.807, 2.05) is 6.07 Å². The van der Waals surface area contributed by atoms with Gasteiger partial charge in [-0.2, -0.15) is 0 Å². The summed E-state index contributed by atoms with van der Waals surface area (Å²) >= 11 is 9.07. The molecule has 0 aliphatic rings. The Kier molecular flexibility index (Phi) is 5.02. The molecule has 2 aromatic rings. The Bertz CT molecular complexity index is 617. The van der Waals surface area contributed by atoms with Crippen LogP contribution in [-0.2, 0) is 6.61 Å². The zero-order valence-corrected chi connectivity index (χ0v) is 13.1. The molecular weight excluding hydrogens is 347 g/mol. The number of halogens is 3. The number of ether oxygens (including phenoxy) is 1. The maximum Gasteiger partial charge on any atom is 0.141 e. The van der Waals surface area contributed by atoms with Crippen LogP contribution in [0.4, 0.5) is 4.39 Å². The summed E-state index contributed by atoms with van der Waals surface area (Å²) in [4.78, 5) is 0. The predicted octanol–water partition coefficient (Wildman–Crippen LogP) is 4.87. The highest BCUT2D eigenvalue weighted by molar-refractivity contribution is 9.10. The SMILES string of the molecule is C[C@H](O)c1cc(Br)ccc1OCc1ccc(F)c(Cl)c1. The van der Waals surface area contributed by atoms with Crippen molar-refractivity contribution >= 4 is 27.5 Å². The third kappa shape index (κ3) is 3.72. The lowest BCUT2D eigenvalue weighted by atomic mass is 10.1. The van der Waals surface area contributed by atoms with Crippen LogP contribution in [0.3, 0.4) is 0 Å². The molecule has 2 nitrogen and oxygen atoms in total. The molecule has 0 heterocycles.